The van der Waals surface area contributed by atoms with Crippen LogP contribution in [0.5, 0.6) is 0 Å². The average molecular weight is 474 g/mol. The molecular formula is C26H20ClN3O4. The Morgan fingerprint density at radius 2 is 1.85 bits per heavy atom. The summed E-state index contributed by atoms with van der Waals surface area (Å²) in [7, 11) is 0. The smallest absolute Gasteiger partial charge is 0.241 e. The molecule has 170 valence electrons. The monoisotopic (exact) mass is 473 g/mol. The minimum Gasteiger partial charge on any atom is -0.326 e. The van der Waals surface area contributed by atoms with Gasteiger partial charge < -0.3 is 10.6 Å². The Morgan fingerprint density at radius 3 is 2.50 bits per heavy atom. The van der Waals surface area contributed by atoms with Gasteiger partial charge in [-0.25, -0.2) is 0 Å². The number of hydrogen-bond acceptors (Lipinski definition) is 4. The fourth-order valence-electron chi connectivity index (χ4n) is 4.28. The van der Waals surface area contributed by atoms with Gasteiger partial charge in [0.1, 0.15) is 11.3 Å². The molecule has 3 aromatic rings. The highest BCUT2D eigenvalue weighted by Crippen LogP contribution is 2.49. The molecule has 7 nitrogen and oxygen atoms in total. The Morgan fingerprint density at radius 1 is 1.15 bits per heavy atom. The Hall–Kier alpha value is -4.15. The summed E-state index contributed by atoms with van der Waals surface area (Å²) in [5, 5.41) is 17.7. The molecule has 0 saturated heterocycles. The summed E-state index contributed by atoms with van der Waals surface area (Å²) in [5.41, 5.74) is 1.29. The van der Waals surface area contributed by atoms with E-state index in [0.717, 1.165) is 0 Å². The van der Waals surface area contributed by atoms with Crippen molar-refractivity contribution in [2.24, 2.45) is 5.92 Å². The first-order chi connectivity index (χ1) is 16.3. The van der Waals surface area contributed by atoms with Gasteiger partial charge >= 0.3 is 0 Å². The fourth-order valence-corrected chi connectivity index (χ4v) is 4.45. The normalized spacial score (nSPS) is 17.1. The van der Waals surface area contributed by atoms with Crippen LogP contribution in [0.2, 0.25) is 5.02 Å². The lowest BCUT2D eigenvalue weighted by Crippen LogP contribution is -2.45. The summed E-state index contributed by atoms with van der Waals surface area (Å²) < 4.78 is 0. The van der Waals surface area contributed by atoms with Gasteiger partial charge in [-0.2, -0.15) is 0 Å². The standard InChI is InChI=1S/C26H20ClN3O4/c1-17(31)28-22-12-9-19(10-13-22)26(23-15-21(27)11-14-24(23)29-25(26)32)20(16-30(33)34)8-7-18-5-3-2-4-6-18/h2-6,9-15,20H,16H2,1H3,(H,28,31)(H,29,32)/t20-,26-/m0/s1. The number of nitro groups is 1. The van der Waals surface area contributed by atoms with Crippen molar-refractivity contribution in [3.63, 3.8) is 0 Å². The third-order valence-electron chi connectivity index (χ3n) is 5.69. The number of amides is 2. The summed E-state index contributed by atoms with van der Waals surface area (Å²) in [5.74, 6) is 4.35. The Labute approximate surface area is 201 Å². The van der Waals surface area contributed by atoms with Crippen LogP contribution >= 0.6 is 11.6 Å². The first kappa shape index (κ1) is 23.0. The van der Waals surface area contributed by atoms with Gasteiger partial charge in [-0.3, -0.25) is 19.7 Å². The largest absolute Gasteiger partial charge is 0.326 e. The van der Waals surface area contributed by atoms with Crippen molar-refractivity contribution in [2.45, 2.75) is 12.3 Å². The van der Waals surface area contributed by atoms with Crippen LogP contribution in [0.1, 0.15) is 23.6 Å². The van der Waals surface area contributed by atoms with Gasteiger partial charge in [-0.15, -0.1) is 0 Å². The van der Waals surface area contributed by atoms with Gasteiger partial charge in [0.05, 0.1) is 0 Å². The number of nitrogens with zero attached hydrogens (tertiary/aromatic N) is 1. The van der Waals surface area contributed by atoms with E-state index in [9.17, 15) is 19.7 Å². The molecule has 0 aromatic heterocycles. The summed E-state index contributed by atoms with van der Waals surface area (Å²) in [6, 6.07) is 20.7. The van der Waals surface area contributed by atoms with Gasteiger partial charge in [-0.1, -0.05) is 53.8 Å². The SMILES string of the molecule is CC(=O)Nc1ccc([C@@]2([C@@H](C#Cc3ccccc3)C[N+](=O)[O-])C(=O)Nc3ccc(Cl)cc32)cc1. The van der Waals surface area contributed by atoms with Crippen LogP contribution in [0.4, 0.5) is 11.4 Å². The Balaban J connectivity index is 1.94. The summed E-state index contributed by atoms with van der Waals surface area (Å²) in [6.07, 6.45) is 0. The highest BCUT2D eigenvalue weighted by molar-refractivity contribution is 6.31. The van der Waals surface area contributed by atoms with Crippen molar-refractivity contribution >= 4 is 34.8 Å². The van der Waals surface area contributed by atoms with E-state index in [-0.39, 0.29) is 5.91 Å². The predicted molar refractivity (Wildman–Crippen MR) is 130 cm³/mol. The molecule has 8 heteroatoms. The van der Waals surface area contributed by atoms with Crippen LogP contribution in [0.25, 0.3) is 0 Å². The number of nitrogens with one attached hydrogen (secondary N) is 2. The molecule has 3 aromatic carbocycles. The predicted octanol–water partition coefficient (Wildman–Crippen LogP) is 4.48. The molecule has 2 amide bonds. The summed E-state index contributed by atoms with van der Waals surface area (Å²) in [6.45, 7) is 0.830. The molecule has 0 bridgehead atoms. The van der Waals surface area contributed by atoms with E-state index in [1.54, 1.807) is 54.6 Å². The Bertz CT molecular complexity index is 1330. The van der Waals surface area contributed by atoms with Crippen molar-refractivity contribution in [1.29, 1.82) is 0 Å². The second-order valence-electron chi connectivity index (χ2n) is 7.91. The van der Waals surface area contributed by atoms with E-state index in [2.05, 4.69) is 22.5 Å². The van der Waals surface area contributed by atoms with E-state index in [0.29, 0.717) is 33.1 Å². The third kappa shape index (κ3) is 4.36. The number of fused-ring (bicyclic) bond motifs is 1. The maximum atomic E-state index is 13.6. The molecule has 0 fully saturated rings. The molecule has 0 unspecified atom stereocenters. The molecule has 1 heterocycles. The topological polar surface area (TPSA) is 101 Å². The summed E-state index contributed by atoms with van der Waals surface area (Å²) in [4.78, 5) is 36.4. The lowest BCUT2D eigenvalue weighted by Gasteiger charge is -2.32. The van der Waals surface area contributed by atoms with Crippen molar-refractivity contribution in [3.8, 4) is 11.8 Å². The lowest BCUT2D eigenvalue weighted by atomic mass is 9.66. The molecule has 0 spiro atoms. The first-order valence-corrected chi connectivity index (χ1v) is 10.9. The van der Waals surface area contributed by atoms with E-state index < -0.39 is 28.7 Å². The molecule has 1 aliphatic heterocycles. The molecule has 2 N–H and O–H groups in total. The Kier molecular flexibility index (Phi) is 6.35. The second-order valence-corrected chi connectivity index (χ2v) is 8.35. The van der Waals surface area contributed by atoms with Crippen LogP contribution in [-0.2, 0) is 15.0 Å². The lowest BCUT2D eigenvalue weighted by molar-refractivity contribution is -0.486. The number of carbonyl (C=O) groups is 2. The minimum atomic E-state index is -1.48. The van der Waals surface area contributed by atoms with Crippen LogP contribution in [0, 0.1) is 27.9 Å². The zero-order chi connectivity index (χ0) is 24.3. The van der Waals surface area contributed by atoms with Gasteiger partial charge in [0.15, 0.2) is 0 Å². The van der Waals surface area contributed by atoms with E-state index >= 15 is 0 Å². The number of halogens is 1. The van der Waals surface area contributed by atoms with E-state index in [1.807, 2.05) is 18.2 Å². The van der Waals surface area contributed by atoms with Crippen LogP contribution < -0.4 is 10.6 Å². The third-order valence-corrected chi connectivity index (χ3v) is 5.93. The molecule has 4 rings (SSSR count). The quantitative estimate of drug-likeness (QED) is 0.324. The fraction of sp³-hybridized carbons (Fsp3) is 0.154. The average Bonchev–Trinajstić information content (AvgIpc) is 3.09. The van der Waals surface area contributed by atoms with Crippen molar-refractivity contribution < 1.29 is 14.5 Å². The minimum absolute atomic E-state index is 0.238. The molecule has 0 aliphatic carbocycles. The van der Waals surface area contributed by atoms with Crippen molar-refractivity contribution in [3.05, 3.63) is 105 Å². The molecule has 34 heavy (non-hydrogen) atoms. The zero-order valence-electron chi connectivity index (χ0n) is 18.2. The first-order valence-electron chi connectivity index (χ1n) is 10.5. The second kappa shape index (κ2) is 9.38. The maximum absolute atomic E-state index is 13.6. The highest BCUT2D eigenvalue weighted by Gasteiger charge is 2.55. The van der Waals surface area contributed by atoms with E-state index in [1.165, 1.54) is 6.92 Å². The van der Waals surface area contributed by atoms with Crippen molar-refractivity contribution in [1.82, 2.24) is 0 Å². The molecule has 2 atom stereocenters. The molecule has 0 radical (unpaired) electrons. The molecule has 1 aliphatic rings. The number of hydrogen-bond donors (Lipinski definition) is 2. The number of rotatable bonds is 5. The highest BCUT2D eigenvalue weighted by atomic mass is 35.5. The summed E-state index contributed by atoms with van der Waals surface area (Å²) >= 11 is 6.30. The molecular weight excluding hydrogens is 454 g/mol. The van der Waals surface area contributed by atoms with E-state index in [4.69, 9.17) is 11.6 Å². The van der Waals surface area contributed by atoms with Crippen molar-refractivity contribution in [2.75, 3.05) is 17.2 Å². The number of carbonyl (C=O) groups excluding carboxylic acids is 2. The van der Waals surface area contributed by atoms with Crippen LogP contribution in [0.3, 0.4) is 0 Å². The van der Waals surface area contributed by atoms with Crippen LogP contribution in [0.15, 0.2) is 72.8 Å². The van der Waals surface area contributed by atoms with Gasteiger partial charge in [0, 0.05) is 33.8 Å². The number of anilines is 2. The number of benzene rings is 3. The van der Waals surface area contributed by atoms with Gasteiger partial charge in [0.2, 0.25) is 18.4 Å². The van der Waals surface area contributed by atoms with Crippen LogP contribution in [-0.4, -0.2) is 23.3 Å². The molecule has 0 saturated carbocycles. The zero-order valence-corrected chi connectivity index (χ0v) is 18.9. The maximum Gasteiger partial charge on any atom is 0.241 e. The van der Waals surface area contributed by atoms with Gasteiger partial charge in [0.25, 0.3) is 0 Å². The van der Waals surface area contributed by atoms with Gasteiger partial charge in [-0.05, 0) is 53.6 Å².